The first-order chi connectivity index (χ1) is 7.66. The molecule has 0 spiro atoms. The average molecular weight is 237 g/mol. The fraction of sp³-hybridized carbons (Fsp3) is 0.250. The molecule has 0 unspecified atom stereocenters. The summed E-state index contributed by atoms with van der Waals surface area (Å²) in [5.74, 6) is 0.782. The molecule has 0 radical (unpaired) electrons. The first-order valence-electron chi connectivity index (χ1n) is 5.12. The molecular formula is C12H13ClN2O. The van der Waals surface area contributed by atoms with Crippen molar-refractivity contribution in [3.05, 3.63) is 46.3 Å². The molecule has 4 heteroatoms. The molecule has 3 nitrogen and oxygen atoms in total. The largest absolute Gasteiger partial charge is 0.429 e. The molecule has 0 saturated carbocycles. The first-order valence-corrected chi connectivity index (χ1v) is 5.50. The summed E-state index contributed by atoms with van der Waals surface area (Å²) >= 11 is 6.07. The van der Waals surface area contributed by atoms with Crippen molar-refractivity contribution in [1.82, 2.24) is 4.98 Å². The third-order valence-corrected chi connectivity index (χ3v) is 2.87. The smallest absolute Gasteiger partial charge is 0.292 e. The molecule has 0 aliphatic rings. The van der Waals surface area contributed by atoms with Crippen LogP contribution in [0.25, 0.3) is 0 Å². The number of benzene rings is 1. The number of hydrogen-bond donors (Lipinski definition) is 1. The first kappa shape index (κ1) is 11.0. The fourth-order valence-electron chi connectivity index (χ4n) is 1.64. The highest BCUT2D eigenvalue weighted by atomic mass is 35.5. The summed E-state index contributed by atoms with van der Waals surface area (Å²) < 4.78 is 5.17. The second-order valence-electron chi connectivity index (χ2n) is 3.65. The van der Waals surface area contributed by atoms with Crippen LogP contribution in [0.15, 0.2) is 28.7 Å². The lowest BCUT2D eigenvalue weighted by Gasteiger charge is -2.02. The van der Waals surface area contributed by atoms with E-state index in [0.29, 0.717) is 0 Å². The Hall–Kier alpha value is -1.48. The fourth-order valence-corrected chi connectivity index (χ4v) is 1.87. The van der Waals surface area contributed by atoms with Crippen molar-refractivity contribution in [3.63, 3.8) is 0 Å². The van der Waals surface area contributed by atoms with Crippen molar-refractivity contribution in [1.29, 1.82) is 0 Å². The highest BCUT2D eigenvalue weighted by Crippen LogP contribution is 2.19. The van der Waals surface area contributed by atoms with Crippen LogP contribution < -0.4 is 5.73 Å². The molecule has 0 aliphatic heterocycles. The van der Waals surface area contributed by atoms with Crippen molar-refractivity contribution < 1.29 is 4.42 Å². The predicted molar refractivity (Wildman–Crippen MR) is 64.5 cm³/mol. The summed E-state index contributed by atoms with van der Waals surface area (Å²) in [6.07, 6.45) is 1.63. The Balaban J connectivity index is 2.08. The van der Waals surface area contributed by atoms with Gasteiger partial charge in [-0.05, 0) is 31.4 Å². The van der Waals surface area contributed by atoms with Gasteiger partial charge < -0.3 is 10.2 Å². The molecule has 84 valence electrons. The molecule has 0 atom stereocenters. The standard InChI is InChI=1S/C12H13ClN2O/c1-8-11(15-12(14)16-8)7-6-9-4-2-3-5-10(9)13/h2-5H,6-7H2,1H3,(H2,14,15). The lowest BCUT2D eigenvalue weighted by molar-refractivity contribution is 0.544. The van der Waals surface area contributed by atoms with Gasteiger partial charge in [0.25, 0.3) is 6.01 Å². The molecule has 1 aromatic carbocycles. The maximum absolute atomic E-state index is 6.07. The minimum atomic E-state index is 0.228. The topological polar surface area (TPSA) is 52.0 Å². The molecule has 2 rings (SSSR count). The second kappa shape index (κ2) is 4.58. The van der Waals surface area contributed by atoms with Gasteiger partial charge in [0.05, 0.1) is 5.69 Å². The van der Waals surface area contributed by atoms with Gasteiger partial charge >= 0.3 is 0 Å². The number of oxazole rings is 1. The van der Waals surface area contributed by atoms with E-state index in [1.54, 1.807) is 0 Å². The zero-order chi connectivity index (χ0) is 11.5. The SMILES string of the molecule is Cc1oc(N)nc1CCc1ccccc1Cl. The zero-order valence-electron chi connectivity index (χ0n) is 9.03. The van der Waals surface area contributed by atoms with Gasteiger partial charge in [-0.3, -0.25) is 0 Å². The van der Waals surface area contributed by atoms with E-state index in [1.807, 2.05) is 31.2 Å². The minimum Gasteiger partial charge on any atom is -0.429 e. The summed E-state index contributed by atoms with van der Waals surface area (Å²) in [5, 5.41) is 0.789. The highest BCUT2D eigenvalue weighted by molar-refractivity contribution is 6.31. The van der Waals surface area contributed by atoms with Crippen molar-refractivity contribution in [2.45, 2.75) is 19.8 Å². The molecule has 0 saturated heterocycles. The lowest BCUT2D eigenvalue weighted by atomic mass is 10.1. The van der Waals surface area contributed by atoms with Crippen LogP contribution in [-0.2, 0) is 12.8 Å². The van der Waals surface area contributed by atoms with Gasteiger partial charge in [-0.2, -0.15) is 4.98 Å². The van der Waals surface area contributed by atoms with Crippen LogP contribution in [-0.4, -0.2) is 4.98 Å². The Morgan fingerprint density at radius 2 is 2.06 bits per heavy atom. The number of nitrogen functional groups attached to an aromatic ring is 1. The number of aryl methyl sites for hydroxylation is 3. The van der Waals surface area contributed by atoms with E-state index in [2.05, 4.69) is 4.98 Å². The number of nitrogens with zero attached hydrogens (tertiary/aromatic N) is 1. The van der Waals surface area contributed by atoms with Crippen LogP contribution in [0.2, 0.25) is 5.02 Å². The normalized spacial score (nSPS) is 10.6. The van der Waals surface area contributed by atoms with Crippen molar-refractivity contribution >= 4 is 17.6 Å². The van der Waals surface area contributed by atoms with Gasteiger partial charge in [-0.25, -0.2) is 0 Å². The summed E-state index contributed by atoms with van der Waals surface area (Å²) in [6, 6.07) is 8.03. The van der Waals surface area contributed by atoms with Crippen molar-refractivity contribution in [3.8, 4) is 0 Å². The Morgan fingerprint density at radius 1 is 1.31 bits per heavy atom. The lowest BCUT2D eigenvalue weighted by Crippen LogP contribution is -1.94. The van der Waals surface area contributed by atoms with Crippen LogP contribution >= 0.6 is 11.6 Å². The average Bonchev–Trinajstić information content (AvgIpc) is 2.56. The van der Waals surface area contributed by atoms with Gasteiger partial charge in [0.15, 0.2) is 0 Å². The second-order valence-corrected chi connectivity index (χ2v) is 4.05. The van der Waals surface area contributed by atoms with Gasteiger partial charge in [-0.1, -0.05) is 29.8 Å². The predicted octanol–water partition coefficient (Wildman–Crippen LogP) is 3.00. The number of hydrogen-bond acceptors (Lipinski definition) is 3. The Kier molecular flexibility index (Phi) is 3.15. The monoisotopic (exact) mass is 236 g/mol. The van der Waals surface area contributed by atoms with Crippen molar-refractivity contribution in [2.24, 2.45) is 0 Å². The van der Waals surface area contributed by atoms with Crippen molar-refractivity contribution in [2.75, 3.05) is 5.73 Å². The van der Waals surface area contributed by atoms with Crippen LogP contribution in [0.3, 0.4) is 0 Å². The summed E-state index contributed by atoms with van der Waals surface area (Å²) in [6.45, 7) is 1.87. The van der Waals surface area contributed by atoms with E-state index in [9.17, 15) is 0 Å². The summed E-state index contributed by atoms with van der Waals surface area (Å²) in [5.41, 5.74) is 7.49. The van der Waals surface area contributed by atoms with E-state index in [0.717, 1.165) is 34.9 Å². The molecule has 1 aromatic heterocycles. The summed E-state index contributed by atoms with van der Waals surface area (Å²) in [7, 11) is 0. The Bertz CT molecular complexity index is 494. The van der Waals surface area contributed by atoms with E-state index < -0.39 is 0 Å². The molecule has 0 amide bonds. The third-order valence-electron chi connectivity index (χ3n) is 2.50. The number of nitrogens with two attached hydrogens (primary N) is 1. The molecule has 0 bridgehead atoms. The van der Waals surface area contributed by atoms with Crippen LogP contribution in [0, 0.1) is 6.92 Å². The van der Waals surface area contributed by atoms with E-state index in [-0.39, 0.29) is 6.01 Å². The number of rotatable bonds is 3. The molecule has 2 N–H and O–H groups in total. The van der Waals surface area contributed by atoms with Crippen LogP contribution in [0.5, 0.6) is 0 Å². The van der Waals surface area contributed by atoms with Gasteiger partial charge in [0.2, 0.25) is 0 Å². The number of anilines is 1. The maximum atomic E-state index is 6.07. The van der Waals surface area contributed by atoms with E-state index in [1.165, 1.54) is 0 Å². The van der Waals surface area contributed by atoms with Gasteiger partial charge in [-0.15, -0.1) is 0 Å². The number of halogens is 1. The highest BCUT2D eigenvalue weighted by Gasteiger charge is 2.08. The minimum absolute atomic E-state index is 0.228. The van der Waals surface area contributed by atoms with Gasteiger partial charge in [0.1, 0.15) is 5.76 Å². The van der Waals surface area contributed by atoms with Crippen LogP contribution in [0.1, 0.15) is 17.0 Å². The van der Waals surface area contributed by atoms with Crippen LogP contribution in [0.4, 0.5) is 6.01 Å². The molecule has 0 fully saturated rings. The number of aromatic nitrogens is 1. The maximum Gasteiger partial charge on any atom is 0.292 e. The van der Waals surface area contributed by atoms with E-state index >= 15 is 0 Å². The van der Waals surface area contributed by atoms with E-state index in [4.69, 9.17) is 21.8 Å². The molecule has 16 heavy (non-hydrogen) atoms. The third kappa shape index (κ3) is 2.36. The molecule has 1 heterocycles. The zero-order valence-corrected chi connectivity index (χ0v) is 9.79. The van der Waals surface area contributed by atoms with Gasteiger partial charge in [0, 0.05) is 5.02 Å². The Labute approximate surface area is 99.2 Å². The molecular weight excluding hydrogens is 224 g/mol. The Morgan fingerprint density at radius 3 is 2.69 bits per heavy atom. The molecule has 2 aromatic rings. The summed E-state index contributed by atoms with van der Waals surface area (Å²) in [4.78, 5) is 4.12. The quantitative estimate of drug-likeness (QED) is 0.891. The molecule has 0 aliphatic carbocycles.